The van der Waals surface area contributed by atoms with Crippen LogP contribution in [0, 0.1) is 0 Å². The molecule has 0 N–H and O–H groups in total. The van der Waals surface area contributed by atoms with Gasteiger partial charge in [0.25, 0.3) is 0 Å². The maximum Gasteiger partial charge on any atom is 0.159 e. The molecular formula is C67H42N2O. The van der Waals surface area contributed by atoms with Crippen molar-refractivity contribution in [1.82, 2.24) is 0 Å². The fraction of sp³-hybridized carbons (Fsp3) is 0.0149. The molecule has 13 aromatic carbocycles. The molecule has 0 spiro atoms. The highest BCUT2D eigenvalue weighted by Crippen LogP contribution is 2.58. The van der Waals surface area contributed by atoms with Crippen LogP contribution in [-0.4, -0.2) is 0 Å². The van der Waals surface area contributed by atoms with Crippen molar-refractivity contribution in [3.63, 3.8) is 0 Å². The minimum atomic E-state index is -0.543. The Kier molecular flexibility index (Phi) is 8.28. The largest absolute Gasteiger partial charge is 0.454 e. The molecule has 15 rings (SSSR count). The zero-order valence-electron chi connectivity index (χ0n) is 38.1. The second kappa shape index (κ2) is 14.9. The summed E-state index contributed by atoms with van der Waals surface area (Å²) < 4.78 is 6.74. The highest BCUT2D eigenvalue weighted by molar-refractivity contribution is 6.28. The van der Waals surface area contributed by atoms with E-state index in [2.05, 4.69) is 259 Å². The van der Waals surface area contributed by atoms with Gasteiger partial charge in [0.05, 0.1) is 22.5 Å². The van der Waals surface area contributed by atoms with Gasteiger partial charge in [0.1, 0.15) is 5.58 Å². The molecule has 1 aromatic heterocycles. The summed E-state index contributed by atoms with van der Waals surface area (Å²) in [5.74, 6) is 0. The molecule has 0 aliphatic heterocycles. The predicted octanol–water partition coefficient (Wildman–Crippen LogP) is 18.4. The Balaban J connectivity index is 0.994. The minimum Gasteiger partial charge on any atom is -0.454 e. The van der Waals surface area contributed by atoms with Crippen LogP contribution in [0.5, 0.6) is 0 Å². The molecule has 0 amide bonds. The van der Waals surface area contributed by atoms with E-state index in [0.717, 1.165) is 56.1 Å². The van der Waals surface area contributed by atoms with Crippen molar-refractivity contribution in [1.29, 1.82) is 0 Å². The molecular weight excluding hydrogens is 849 g/mol. The molecule has 1 heterocycles. The molecule has 0 atom stereocenters. The molecule has 0 bridgehead atoms. The number of para-hydroxylation sites is 4. The second-order valence-electron chi connectivity index (χ2n) is 18.7. The van der Waals surface area contributed by atoms with Gasteiger partial charge in [-0.2, -0.15) is 0 Å². The second-order valence-corrected chi connectivity index (χ2v) is 18.7. The first-order valence-corrected chi connectivity index (χ1v) is 24.2. The molecule has 3 heteroatoms. The quantitative estimate of drug-likeness (QED) is 0.142. The van der Waals surface area contributed by atoms with Gasteiger partial charge in [-0.1, -0.05) is 194 Å². The number of benzene rings is 13. The lowest BCUT2D eigenvalue weighted by Crippen LogP contribution is -2.29. The van der Waals surface area contributed by atoms with E-state index >= 15 is 0 Å². The van der Waals surface area contributed by atoms with Crippen molar-refractivity contribution in [2.75, 3.05) is 9.80 Å². The summed E-state index contributed by atoms with van der Waals surface area (Å²) >= 11 is 0. The minimum absolute atomic E-state index is 0.543. The van der Waals surface area contributed by atoms with Crippen molar-refractivity contribution in [3.8, 4) is 0 Å². The van der Waals surface area contributed by atoms with Crippen molar-refractivity contribution >= 4 is 110 Å². The van der Waals surface area contributed by atoms with E-state index in [9.17, 15) is 0 Å². The molecule has 0 radical (unpaired) electrons. The van der Waals surface area contributed by atoms with E-state index in [-0.39, 0.29) is 0 Å². The molecule has 0 saturated heterocycles. The van der Waals surface area contributed by atoms with Gasteiger partial charge in [-0.25, -0.2) is 0 Å². The Morgan fingerprint density at radius 2 is 0.786 bits per heavy atom. The highest BCUT2D eigenvalue weighted by Gasteiger charge is 2.45. The van der Waals surface area contributed by atoms with Crippen LogP contribution in [0.25, 0.3) is 75.8 Å². The number of hydrogen-bond donors (Lipinski definition) is 0. The Morgan fingerprint density at radius 3 is 1.46 bits per heavy atom. The van der Waals surface area contributed by atoms with E-state index in [1.807, 2.05) is 6.07 Å². The van der Waals surface area contributed by atoms with Gasteiger partial charge in [-0.3, -0.25) is 0 Å². The number of furan rings is 1. The van der Waals surface area contributed by atoms with Gasteiger partial charge in [-0.05, 0) is 126 Å². The van der Waals surface area contributed by atoms with Crippen LogP contribution in [0.1, 0.15) is 22.3 Å². The summed E-state index contributed by atoms with van der Waals surface area (Å²) in [5.41, 5.74) is 12.8. The van der Waals surface area contributed by atoms with Crippen LogP contribution >= 0.6 is 0 Å². The molecule has 70 heavy (non-hydrogen) atoms. The molecule has 326 valence electrons. The number of rotatable bonds is 8. The fourth-order valence-electron chi connectivity index (χ4n) is 12.3. The summed E-state index contributed by atoms with van der Waals surface area (Å²) in [6, 6.07) is 93.7. The average Bonchev–Trinajstić information content (AvgIpc) is 3.97. The van der Waals surface area contributed by atoms with E-state index in [1.54, 1.807) is 0 Å². The Labute approximate surface area is 404 Å². The lowest BCUT2D eigenvalue weighted by Gasteiger charge is -2.35. The zero-order valence-corrected chi connectivity index (χ0v) is 38.1. The Hall–Kier alpha value is -9.18. The van der Waals surface area contributed by atoms with Crippen molar-refractivity contribution in [2.45, 2.75) is 5.41 Å². The van der Waals surface area contributed by atoms with Crippen molar-refractivity contribution in [2.24, 2.45) is 0 Å². The topological polar surface area (TPSA) is 19.6 Å². The maximum absolute atomic E-state index is 6.74. The van der Waals surface area contributed by atoms with E-state index < -0.39 is 5.41 Å². The third-order valence-corrected chi connectivity index (χ3v) is 15.2. The van der Waals surface area contributed by atoms with Gasteiger partial charge < -0.3 is 14.2 Å². The van der Waals surface area contributed by atoms with Crippen LogP contribution in [0.2, 0.25) is 0 Å². The molecule has 1 aliphatic carbocycles. The monoisotopic (exact) mass is 890 g/mol. The summed E-state index contributed by atoms with van der Waals surface area (Å²) in [6.07, 6.45) is 0. The fourth-order valence-corrected chi connectivity index (χ4v) is 12.3. The van der Waals surface area contributed by atoms with Gasteiger partial charge in [0.15, 0.2) is 5.58 Å². The van der Waals surface area contributed by atoms with Crippen LogP contribution in [-0.2, 0) is 5.41 Å². The third-order valence-electron chi connectivity index (χ3n) is 15.2. The number of nitrogens with zero attached hydrogens (tertiary/aromatic N) is 2. The first-order chi connectivity index (χ1) is 34.7. The van der Waals surface area contributed by atoms with Crippen LogP contribution in [0.4, 0.5) is 34.1 Å². The summed E-state index contributed by atoms with van der Waals surface area (Å²) in [6.45, 7) is 0. The Bertz CT molecular complexity index is 4310. The van der Waals surface area contributed by atoms with Gasteiger partial charge >= 0.3 is 0 Å². The number of fused-ring (bicyclic) bond motifs is 3. The zero-order chi connectivity index (χ0) is 45.9. The van der Waals surface area contributed by atoms with E-state index in [1.165, 1.54) is 76.1 Å². The van der Waals surface area contributed by atoms with Crippen molar-refractivity contribution < 1.29 is 4.42 Å². The summed E-state index contributed by atoms with van der Waals surface area (Å²) in [5, 5.41) is 14.6. The van der Waals surface area contributed by atoms with Gasteiger partial charge in [0, 0.05) is 38.6 Å². The molecule has 14 aromatic rings. The lowest BCUT2D eigenvalue weighted by molar-refractivity contribution is 0.669. The first kappa shape index (κ1) is 38.9. The van der Waals surface area contributed by atoms with E-state index in [0.29, 0.717) is 0 Å². The van der Waals surface area contributed by atoms with E-state index in [4.69, 9.17) is 4.42 Å². The van der Waals surface area contributed by atoms with Crippen LogP contribution < -0.4 is 9.80 Å². The van der Waals surface area contributed by atoms with Crippen LogP contribution in [0.3, 0.4) is 0 Å². The smallest absolute Gasteiger partial charge is 0.159 e. The predicted molar refractivity (Wildman–Crippen MR) is 294 cm³/mol. The summed E-state index contributed by atoms with van der Waals surface area (Å²) in [7, 11) is 0. The highest BCUT2D eigenvalue weighted by atomic mass is 16.3. The SMILES string of the molecule is c1ccc(N(c2cc3c4c(ccc5cccc(c54)C3(c3ccccc3)c3ccccc3)c2)c2ccc3ccc4c(N(c5ccccc5)c5cccc6c5oc5ccccc56)ccc5ccc2c3c54)cc1. The van der Waals surface area contributed by atoms with Crippen molar-refractivity contribution in [3.05, 3.63) is 277 Å². The number of hydrogen-bond acceptors (Lipinski definition) is 3. The summed E-state index contributed by atoms with van der Waals surface area (Å²) in [4.78, 5) is 4.88. The standard InChI is InChI=1S/C67H42N2O/c1-5-18-47(19-6-1)67(48-20-7-2-8-21-48)56-28-15-17-43-31-32-46-41-51(42-57(67)65(46)64(43)56)68(49-22-9-3-10-23-49)58-39-35-44-34-38-55-59(40-36-45-33-37-54(58)62(44)63(45)55)69(50-24-11-4-12-25-50)60-29-16-27-53-52-26-13-14-30-61(52)70-66(53)60/h1-42H. The average molecular weight is 891 g/mol. The van der Waals surface area contributed by atoms with Gasteiger partial charge in [0.2, 0.25) is 0 Å². The van der Waals surface area contributed by atoms with Crippen LogP contribution in [0.15, 0.2) is 259 Å². The Morgan fingerprint density at radius 1 is 0.286 bits per heavy atom. The molecule has 3 nitrogen and oxygen atoms in total. The molecule has 0 fully saturated rings. The molecule has 0 saturated carbocycles. The lowest BCUT2D eigenvalue weighted by atomic mass is 9.67. The normalized spacial score (nSPS) is 13.0. The first-order valence-electron chi connectivity index (χ1n) is 24.2. The molecule has 0 unspecified atom stereocenters. The number of anilines is 6. The molecule has 1 aliphatic rings. The maximum atomic E-state index is 6.74. The van der Waals surface area contributed by atoms with Gasteiger partial charge in [-0.15, -0.1) is 0 Å². The third kappa shape index (κ3) is 5.40.